The topological polar surface area (TPSA) is 12.0 Å². The molecule has 102 valence electrons. The van der Waals surface area contributed by atoms with Crippen LogP contribution in [0, 0.1) is 5.82 Å². The summed E-state index contributed by atoms with van der Waals surface area (Å²) < 4.78 is 14.8. The van der Waals surface area contributed by atoms with Crippen molar-refractivity contribution in [2.75, 3.05) is 0 Å². The van der Waals surface area contributed by atoms with E-state index < -0.39 is 0 Å². The SMILES string of the molecule is CCCCC(NC(C)C)c1ccc(Br)c(Cl)c1F. The Morgan fingerprint density at radius 3 is 2.61 bits per heavy atom. The lowest BCUT2D eigenvalue weighted by Gasteiger charge is -2.22. The zero-order chi connectivity index (χ0) is 13.7. The first-order valence-corrected chi connectivity index (χ1v) is 7.53. The minimum atomic E-state index is -0.319. The predicted molar refractivity (Wildman–Crippen MR) is 79.6 cm³/mol. The normalized spacial score (nSPS) is 13.1. The standard InChI is InChI=1S/C14H20BrClFN/c1-4-5-6-12(18-9(2)3)10-7-8-11(15)13(16)14(10)17/h7-9,12,18H,4-6H2,1-3H3. The van der Waals surface area contributed by atoms with Crippen molar-refractivity contribution < 1.29 is 4.39 Å². The summed E-state index contributed by atoms with van der Waals surface area (Å²) in [5, 5.41) is 3.57. The van der Waals surface area contributed by atoms with E-state index in [0.29, 0.717) is 16.1 Å². The van der Waals surface area contributed by atoms with Gasteiger partial charge in [0.15, 0.2) is 0 Å². The summed E-state index contributed by atoms with van der Waals surface area (Å²) >= 11 is 9.19. The van der Waals surface area contributed by atoms with Gasteiger partial charge in [0.05, 0.1) is 5.02 Å². The molecule has 1 aromatic carbocycles. The van der Waals surface area contributed by atoms with Crippen LogP contribution in [0.4, 0.5) is 4.39 Å². The second-order valence-electron chi connectivity index (χ2n) is 4.78. The molecule has 4 heteroatoms. The third kappa shape index (κ3) is 4.22. The number of nitrogens with one attached hydrogen (secondary N) is 1. The van der Waals surface area contributed by atoms with Gasteiger partial charge in [0.2, 0.25) is 0 Å². The van der Waals surface area contributed by atoms with Crippen molar-refractivity contribution in [1.29, 1.82) is 0 Å². The molecule has 0 saturated heterocycles. The Morgan fingerprint density at radius 1 is 1.39 bits per heavy atom. The Labute approximate surface area is 122 Å². The van der Waals surface area contributed by atoms with Crippen molar-refractivity contribution in [2.45, 2.75) is 52.1 Å². The van der Waals surface area contributed by atoms with E-state index >= 15 is 0 Å². The van der Waals surface area contributed by atoms with Crippen molar-refractivity contribution in [3.63, 3.8) is 0 Å². The molecule has 0 spiro atoms. The van der Waals surface area contributed by atoms with E-state index in [1.807, 2.05) is 6.07 Å². The van der Waals surface area contributed by atoms with Crippen LogP contribution in [0.5, 0.6) is 0 Å². The molecule has 18 heavy (non-hydrogen) atoms. The lowest BCUT2D eigenvalue weighted by atomic mass is 10.00. The average Bonchev–Trinajstić information content (AvgIpc) is 2.31. The molecule has 1 N–H and O–H groups in total. The molecule has 0 aliphatic rings. The molecule has 0 saturated carbocycles. The van der Waals surface area contributed by atoms with Gasteiger partial charge in [-0.1, -0.05) is 51.3 Å². The molecule has 0 aliphatic carbocycles. The van der Waals surface area contributed by atoms with Crippen molar-refractivity contribution in [3.8, 4) is 0 Å². The summed E-state index contributed by atoms with van der Waals surface area (Å²) in [7, 11) is 0. The number of rotatable bonds is 6. The van der Waals surface area contributed by atoms with Crippen LogP contribution in [0.25, 0.3) is 0 Å². The van der Waals surface area contributed by atoms with Crippen LogP contribution < -0.4 is 5.32 Å². The Hall–Kier alpha value is -0.120. The van der Waals surface area contributed by atoms with E-state index in [1.165, 1.54) is 0 Å². The van der Waals surface area contributed by atoms with Gasteiger partial charge in [-0.05, 0) is 28.4 Å². The third-order valence-electron chi connectivity index (χ3n) is 2.82. The fourth-order valence-corrected chi connectivity index (χ4v) is 2.43. The van der Waals surface area contributed by atoms with Crippen LogP contribution in [-0.4, -0.2) is 6.04 Å². The minimum absolute atomic E-state index is 0.0237. The molecule has 1 rings (SSSR count). The second-order valence-corrected chi connectivity index (χ2v) is 6.01. The molecule has 0 fully saturated rings. The van der Waals surface area contributed by atoms with Crippen molar-refractivity contribution in [1.82, 2.24) is 5.32 Å². The highest BCUT2D eigenvalue weighted by Crippen LogP contribution is 2.32. The van der Waals surface area contributed by atoms with Gasteiger partial charge in [-0.15, -0.1) is 0 Å². The predicted octanol–water partition coefficient (Wildman–Crippen LogP) is 5.47. The smallest absolute Gasteiger partial charge is 0.147 e. The van der Waals surface area contributed by atoms with Gasteiger partial charge in [0, 0.05) is 22.1 Å². The maximum absolute atomic E-state index is 14.2. The van der Waals surface area contributed by atoms with Crippen molar-refractivity contribution in [3.05, 3.63) is 33.0 Å². The number of benzene rings is 1. The summed E-state index contributed by atoms with van der Waals surface area (Å²) in [5.41, 5.74) is 0.658. The van der Waals surface area contributed by atoms with Gasteiger partial charge in [-0.3, -0.25) is 0 Å². The second kappa shape index (κ2) is 7.46. The maximum Gasteiger partial charge on any atom is 0.147 e. The summed E-state index contributed by atoms with van der Waals surface area (Å²) in [5.74, 6) is -0.319. The van der Waals surface area contributed by atoms with Crippen molar-refractivity contribution >= 4 is 27.5 Å². The van der Waals surface area contributed by atoms with Crippen LogP contribution in [0.15, 0.2) is 16.6 Å². The monoisotopic (exact) mass is 335 g/mol. The van der Waals surface area contributed by atoms with Crippen LogP contribution in [0.3, 0.4) is 0 Å². The molecule has 0 radical (unpaired) electrons. The average molecular weight is 337 g/mol. The molecule has 1 unspecified atom stereocenters. The molecule has 1 aromatic rings. The summed E-state index contributed by atoms with van der Waals surface area (Å²) in [6, 6.07) is 3.95. The summed E-state index contributed by atoms with van der Waals surface area (Å²) in [6.45, 7) is 6.27. The minimum Gasteiger partial charge on any atom is -0.308 e. The Morgan fingerprint density at radius 2 is 2.06 bits per heavy atom. The number of unbranched alkanes of at least 4 members (excludes halogenated alkanes) is 1. The van der Waals surface area contributed by atoms with Gasteiger partial charge in [-0.2, -0.15) is 0 Å². The molecular weight excluding hydrogens is 317 g/mol. The first kappa shape index (κ1) is 15.9. The quantitative estimate of drug-likeness (QED) is 0.679. The third-order valence-corrected chi connectivity index (χ3v) is 4.08. The van der Waals surface area contributed by atoms with E-state index in [9.17, 15) is 4.39 Å². The van der Waals surface area contributed by atoms with E-state index in [1.54, 1.807) is 6.07 Å². The first-order valence-electron chi connectivity index (χ1n) is 6.36. The molecule has 1 atom stereocenters. The van der Waals surface area contributed by atoms with Gasteiger partial charge in [0.1, 0.15) is 5.82 Å². The van der Waals surface area contributed by atoms with E-state index in [-0.39, 0.29) is 16.9 Å². The van der Waals surface area contributed by atoms with Gasteiger partial charge in [0.25, 0.3) is 0 Å². The molecule has 0 bridgehead atoms. The highest BCUT2D eigenvalue weighted by Gasteiger charge is 2.19. The lowest BCUT2D eigenvalue weighted by molar-refractivity contribution is 0.424. The van der Waals surface area contributed by atoms with E-state index in [0.717, 1.165) is 19.3 Å². The number of hydrogen-bond acceptors (Lipinski definition) is 1. The number of hydrogen-bond donors (Lipinski definition) is 1. The Balaban J connectivity index is 3.00. The maximum atomic E-state index is 14.2. The van der Waals surface area contributed by atoms with Crippen LogP contribution >= 0.6 is 27.5 Å². The Bertz CT molecular complexity index is 396. The summed E-state index contributed by atoms with van der Waals surface area (Å²) in [4.78, 5) is 0. The molecular formula is C14H20BrClFN. The zero-order valence-corrected chi connectivity index (χ0v) is 13.4. The van der Waals surface area contributed by atoms with Gasteiger partial charge in [-0.25, -0.2) is 4.39 Å². The summed E-state index contributed by atoms with van der Waals surface area (Å²) in [6.07, 6.45) is 3.09. The van der Waals surface area contributed by atoms with Crippen LogP contribution in [-0.2, 0) is 0 Å². The molecule has 0 amide bonds. The van der Waals surface area contributed by atoms with E-state index in [4.69, 9.17) is 11.6 Å². The van der Waals surface area contributed by atoms with Crippen LogP contribution in [0.1, 0.15) is 51.6 Å². The van der Waals surface area contributed by atoms with Crippen molar-refractivity contribution in [2.24, 2.45) is 0 Å². The fourth-order valence-electron chi connectivity index (χ4n) is 1.95. The first-order chi connectivity index (χ1) is 8.47. The zero-order valence-electron chi connectivity index (χ0n) is 11.1. The van der Waals surface area contributed by atoms with Crippen LogP contribution in [0.2, 0.25) is 5.02 Å². The molecule has 0 heterocycles. The molecule has 0 aliphatic heterocycles. The van der Waals surface area contributed by atoms with E-state index in [2.05, 4.69) is 42.0 Å². The molecule has 0 aromatic heterocycles. The lowest BCUT2D eigenvalue weighted by Crippen LogP contribution is -2.28. The van der Waals surface area contributed by atoms with Gasteiger partial charge < -0.3 is 5.32 Å². The number of halogens is 3. The fraction of sp³-hybridized carbons (Fsp3) is 0.571. The highest BCUT2D eigenvalue weighted by atomic mass is 79.9. The highest BCUT2D eigenvalue weighted by molar-refractivity contribution is 9.10. The Kier molecular flexibility index (Phi) is 6.61. The molecule has 1 nitrogen and oxygen atoms in total. The largest absolute Gasteiger partial charge is 0.308 e. The van der Waals surface area contributed by atoms with Gasteiger partial charge >= 0.3 is 0 Å².